The summed E-state index contributed by atoms with van der Waals surface area (Å²) in [6.07, 6.45) is 5.45. The number of anilines is 1. The lowest BCUT2D eigenvalue weighted by Gasteiger charge is -2.21. The van der Waals surface area contributed by atoms with Crippen LogP contribution in [0.1, 0.15) is 38.2 Å². The highest BCUT2D eigenvalue weighted by Crippen LogP contribution is 2.16. The molecule has 1 aromatic carbocycles. The van der Waals surface area contributed by atoms with Crippen LogP contribution in [0.25, 0.3) is 0 Å². The van der Waals surface area contributed by atoms with Gasteiger partial charge in [0.1, 0.15) is 0 Å². The van der Waals surface area contributed by atoms with E-state index < -0.39 is 0 Å². The van der Waals surface area contributed by atoms with E-state index in [-0.39, 0.29) is 24.2 Å². The topological polar surface area (TPSA) is 41.1 Å². The molecule has 0 radical (unpaired) electrons. The zero-order valence-corrected chi connectivity index (χ0v) is 13.0. The maximum absolute atomic E-state index is 12.1. The molecule has 1 aromatic rings. The van der Waals surface area contributed by atoms with Crippen LogP contribution in [0, 0.1) is 5.92 Å². The number of rotatable bonds is 5. The number of benzene rings is 1. The molecule has 0 aromatic heterocycles. The van der Waals surface area contributed by atoms with Crippen molar-refractivity contribution in [2.75, 3.05) is 18.4 Å². The average Bonchev–Trinajstić information content (AvgIpc) is 2.47. The van der Waals surface area contributed by atoms with E-state index in [4.69, 9.17) is 0 Å². The quantitative estimate of drug-likeness (QED) is 0.874. The van der Waals surface area contributed by atoms with Gasteiger partial charge in [0.2, 0.25) is 5.91 Å². The van der Waals surface area contributed by atoms with Crippen LogP contribution in [0.5, 0.6) is 0 Å². The fourth-order valence-electron chi connectivity index (χ4n) is 2.46. The highest BCUT2D eigenvalue weighted by atomic mass is 35.5. The maximum Gasteiger partial charge on any atom is 0.227 e. The van der Waals surface area contributed by atoms with Crippen LogP contribution >= 0.6 is 12.4 Å². The summed E-state index contributed by atoms with van der Waals surface area (Å²) in [5.41, 5.74) is 2.27. The second-order valence-electron chi connectivity index (χ2n) is 5.31. The van der Waals surface area contributed by atoms with E-state index in [1.54, 1.807) is 0 Å². The van der Waals surface area contributed by atoms with E-state index >= 15 is 0 Å². The summed E-state index contributed by atoms with van der Waals surface area (Å²) in [6.45, 7) is 4.11. The third-order valence-electron chi connectivity index (χ3n) is 3.75. The van der Waals surface area contributed by atoms with Crippen LogP contribution < -0.4 is 10.6 Å². The SMILES string of the molecule is CCCCc1ccc(NC(=O)C2CCNCC2)cc1.Cl. The first kappa shape index (κ1) is 17.0. The molecule has 0 bridgehead atoms. The van der Waals surface area contributed by atoms with Crippen molar-refractivity contribution in [3.63, 3.8) is 0 Å². The molecule has 1 saturated heterocycles. The first-order valence-corrected chi connectivity index (χ1v) is 7.40. The molecule has 0 saturated carbocycles. The van der Waals surface area contributed by atoms with Crippen LogP contribution in [0.3, 0.4) is 0 Å². The monoisotopic (exact) mass is 296 g/mol. The molecule has 0 spiro atoms. The average molecular weight is 297 g/mol. The smallest absolute Gasteiger partial charge is 0.227 e. The molecule has 112 valence electrons. The summed E-state index contributed by atoms with van der Waals surface area (Å²) in [7, 11) is 0. The lowest BCUT2D eigenvalue weighted by atomic mass is 9.97. The first-order chi connectivity index (χ1) is 9.29. The van der Waals surface area contributed by atoms with Crippen LogP contribution in [0.15, 0.2) is 24.3 Å². The van der Waals surface area contributed by atoms with Gasteiger partial charge in [-0.25, -0.2) is 0 Å². The van der Waals surface area contributed by atoms with Gasteiger partial charge in [0.15, 0.2) is 0 Å². The maximum atomic E-state index is 12.1. The van der Waals surface area contributed by atoms with Gasteiger partial charge in [-0.1, -0.05) is 25.5 Å². The second kappa shape index (κ2) is 8.98. The molecule has 3 nitrogen and oxygen atoms in total. The Morgan fingerprint density at radius 2 is 1.90 bits per heavy atom. The number of hydrogen-bond acceptors (Lipinski definition) is 2. The number of carbonyl (C=O) groups is 1. The van der Waals surface area contributed by atoms with E-state index in [0.29, 0.717) is 0 Å². The lowest BCUT2D eigenvalue weighted by molar-refractivity contribution is -0.120. The Hall–Kier alpha value is -1.06. The number of piperidine rings is 1. The zero-order chi connectivity index (χ0) is 13.5. The third-order valence-corrected chi connectivity index (χ3v) is 3.75. The molecular formula is C16H25ClN2O. The van der Waals surface area contributed by atoms with E-state index in [0.717, 1.165) is 38.0 Å². The van der Waals surface area contributed by atoms with Crippen molar-refractivity contribution in [3.05, 3.63) is 29.8 Å². The van der Waals surface area contributed by atoms with Gasteiger partial charge in [0.05, 0.1) is 0 Å². The van der Waals surface area contributed by atoms with Crippen molar-refractivity contribution in [2.45, 2.75) is 39.0 Å². The van der Waals surface area contributed by atoms with Crippen LogP contribution in [0.4, 0.5) is 5.69 Å². The largest absolute Gasteiger partial charge is 0.326 e. The summed E-state index contributed by atoms with van der Waals surface area (Å²) in [5, 5.41) is 6.31. The van der Waals surface area contributed by atoms with Crippen molar-refractivity contribution >= 4 is 24.0 Å². The van der Waals surface area contributed by atoms with Crippen molar-refractivity contribution in [1.29, 1.82) is 0 Å². The molecular weight excluding hydrogens is 272 g/mol. The van der Waals surface area contributed by atoms with Crippen LogP contribution in [-0.2, 0) is 11.2 Å². The molecule has 0 atom stereocenters. The van der Waals surface area contributed by atoms with Crippen molar-refractivity contribution in [2.24, 2.45) is 5.92 Å². The number of aryl methyl sites for hydroxylation is 1. The third kappa shape index (κ3) is 5.14. The van der Waals surface area contributed by atoms with E-state index in [9.17, 15) is 4.79 Å². The minimum atomic E-state index is 0. The zero-order valence-electron chi connectivity index (χ0n) is 12.2. The second-order valence-corrected chi connectivity index (χ2v) is 5.31. The number of amides is 1. The van der Waals surface area contributed by atoms with Gasteiger partial charge >= 0.3 is 0 Å². The van der Waals surface area contributed by atoms with Crippen molar-refractivity contribution in [1.82, 2.24) is 5.32 Å². The lowest BCUT2D eigenvalue weighted by Crippen LogP contribution is -2.34. The van der Waals surface area contributed by atoms with Crippen molar-refractivity contribution < 1.29 is 4.79 Å². The minimum absolute atomic E-state index is 0. The molecule has 1 fully saturated rings. The van der Waals surface area contributed by atoms with Gasteiger partial charge in [-0.15, -0.1) is 12.4 Å². The number of nitrogens with one attached hydrogen (secondary N) is 2. The van der Waals surface area contributed by atoms with Gasteiger partial charge in [-0.2, -0.15) is 0 Å². The molecule has 1 heterocycles. The molecule has 4 heteroatoms. The Kier molecular flexibility index (Phi) is 7.63. The van der Waals surface area contributed by atoms with Gasteiger partial charge < -0.3 is 10.6 Å². The summed E-state index contributed by atoms with van der Waals surface area (Å²) in [4.78, 5) is 12.1. The fourth-order valence-corrected chi connectivity index (χ4v) is 2.46. The molecule has 1 amide bonds. The summed E-state index contributed by atoms with van der Waals surface area (Å²) >= 11 is 0. The predicted octanol–water partition coefficient (Wildman–Crippen LogP) is 3.39. The van der Waals surface area contributed by atoms with Crippen molar-refractivity contribution in [3.8, 4) is 0 Å². The highest BCUT2D eigenvalue weighted by Gasteiger charge is 2.20. The number of hydrogen-bond donors (Lipinski definition) is 2. The van der Waals surface area contributed by atoms with Gasteiger partial charge in [-0.05, 0) is 56.5 Å². The fraction of sp³-hybridized carbons (Fsp3) is 0.562. The Morgan fingerprint density at radius 1 is 1.25 bits per heavy atom. The normalized spacial score (nSPS) is 15.4. The van der Waals surface area contributed by atoms with E-state index in [1.807, 2.05) is 12.1 Å². The molecule has 0 aliphatic carbocycles. The van der Waals surface area contributed by atoms with Crippen LogP contribution in [-0.4, -0.2) is 19.0 Å². The Labute approximate surface area is 127 Å². The van der Waals surface area contributed by atoms with Gasteiger partial charge in [-0.3, -0.25) is 4.79 Å². The summed E-state index contributed by atoms with van der Waals surface area (Å²) in [5.74, 6) is 0.337. The molecule has 2 rings (SSSR count). The first-order valence-electron chi connectivity index (χ1n) is 7.40. The van der Waals surface area contributed by atoms with Crippen LogP contribution in [0.2, 0.25) is 0 Å². The number of halogens is 1. The Bertz CT molecular complexity index is 399. The number of carbonyl (C=O) groups excluding carboxylic acids is 1. The molecule has 1 aliphatic rings. The molecule has 2 N–H and O–H groups in total. The van der Waals surface area contributed by atoms with Gasteiger partial charge in [0.25, 0.3) is 0 Å². The van der Waals surface area contributed by atoms with Gasteiger partial charge in [0, 0.05) is 11.6 Å². The molecule has 20 heavy (non-hydrogen) atoms. The van der Waals surface area contributed by atoms with E-state index in [1.165, 1.54) is 18.4 Å². The Morgan fingerprint density at radius 3 is 2.50 bits per heavy atom. The standard InChI is InChI=1S/C16H24N2O.ClH/c1-2-3-4-13-5-7-15(8-6-13)18-16(19)14-9-11-17-12-10-14;/h5-8,14,17H,2-4,9-12H2,1H3,(H,18,19);1H. The van der Waals surface area contributed by atoms with E-state index in [2.05, 4.69) is 29.7 Å². The summed E-state index contributed by atoms with van der Waals surface area (Å²) < 4.78 is 0. The highest BCUT2D eigenvalue weighted by molar-refractivity contribution is 5.92. The molecule has 1 aliphatic heterocycles. The minimum Gasteiger partial charge on any atom is -0.326 e. The number of unbranched alkanes of at least 4 members (excludes halogenated alkanes) is 1. The Balaban J connectivity index is 0.00000200. The molecule has 0 unspecified atom stereocenters. The summed E-state index contributed by atoms with van der Waals surface area (Å²) in [6, 6.07) is 8.27. The predicted molar refractivity (Wildman–Crippen MR) is 86.5 cm³/mol.